The summed E-state index contributed by atoms with van der Waals surface area (Å²) in [6, 6.07) is 6.84. The molecule has 27 heavy (non-hydrogen) atoms. The van der Waals surface area contributed by atoms with E-state index in [0.717, 1.165) is 18.7 Å². The first kappa shape index (κ1) is 20.7. The molecule has 1 aromatic carbocycles. The molecule has 1 aliphatic rings. The summed E-state index contributed by atoms with van der Waals surface area (Å²) >= 11 is 0. The van der Waals surface area contributed by atoms with E-state index in [-0.39, 0.29) is 13.0 Å². The van der Waals surface area contributed by atoms with Crippen molar-refractivity contribution in [3.63, 3.8) is 0 Å². The molecule has 9 heteroatoms. The average molecular weight is 395 g/mol. The van der Waals surface area contributed by atoms with Gasteiger partial charge in [0, 0.05) is 31.0 Å². The number of sulfone groups is 1. The summed E-state index contributed by atoms with van der Waals surface area (Å²) in [5.41, 5.74) is 1.30. The van der Waals surface area contributed by atoms with Gasteiger partial charge < -0.3 is 14.6 Å². The maximum absolute atomic E-state index is 12.1. The minimum Gasteiger partial charge on any atom is -0.480 e. The van der Waals surface area contributed by atoms with E-state index in [9.17, 15) is 23.1 Å². The second-order valence-corrected chi connectivity index (χ2v) is 8.86. The zero-order valence-corrected chi connectivity index (χ0v) is 16.1. The molecule has 0 saturated carbocycles. The number of anilines is 1. The van der Waals surface area contributed by atoms with Crippen LogP contribution in [-0.4, -0.2) is 63.0 Å². The average Bonchev–Trinajstić information content (AvgIpc) is 2.94. The Labute approximate surface area is 158 Å². The Kier molecular flexibility index (Phi) is 6.13. The normalized spacial score (nSPS) is 19.0. The predicted octanol–water partition coefficient (Wildman–Crippen LogP) is 1.29. The van der Waals surface area contributed by atoms with E-state index in [1.54, 1.807) is 31.4 Å². The smallest absolute Gasteiger partial charge is 0.414 e. The van der Waals surface area contributed by atoms with Crippen molar-refractivity contribution in [2.75, 3.05) is 31.4 Å². The number of hydrogen-bond donors (Lipinski definition) is 1. The highest BCUT2D eigenvalue weighted by atomic mass is 32.2. The molecule has 2 unspecified atom stereocenters. The Morgan fingerprint density at radius 2 is 2.04 bits per heavy atom. The lowest BCUT2D eigenvalue weighted by Crippen LogP contribution is -2.46. The minimum atomic E-state index is -3.90. The quantitative estimate of drug-likeness (QED) is 0.723. The van der Waals surface area contributed by atoms with Crippen molar-refractivity contribution in [2.24, 2.45) is 0 Å². The molecule has 0 radical (unpaired) electrons. The summed E-state index contributed by atoms with van der Waals surface area (Å²) in [5.74, 6) is 4.24. The Bertz CT molecular complexity index is 883. The number of rotatable bonds is 6. The minimum absolute atomic E-state index is 0.0614. The molecule has 1 heterocycles. The number of carboxylic acid groups (broad SMARTS) is 1. The Morgan fingerprint density at radius 1 is 1.41 bits per heavy atom. The predicted molar refractivity (Wildman–Crippen MR) is 98.3 cm³/mol. The van der Waals surface area contributed by atoms with Crippen LogP contribution in [0.15, 0.2) is 24.3 Å². The van der Waals surface area contributed by atoms with Gasteiger partial charge in [-0.05, 0) is 31.2 Å². The largest absolute Gasteiger partial charge is 0.480 e. The van der Waals surface area contributed by atoms with Crippen molar-refractivity contribution in [3.05, 3.63) is 29.8 Å². The van der Waals surface area contributed by atoms with Crippen molar-refractivity contribution >= 4 is 27.6 Å². The molecule has 8 nitrogen and oxygen atoms in total. The van der Waals surface area contributed by atoms with Crippen LogP contribution in [0.4, 0.5) is 10.5 Å². The van der Waals surface area contributed by atoms with Gasteiger partial charge in [0.2, 0.25) is 0 Å². The molecule has 0 aromatic heterocycles. The zero-order valence-electron chi connectivity index (χ0n) is 15.3. The first-order valence-corrected chi connectivity index (χ1v) is 9.96. The van der Waals surface area contributed by atoms with Crippen LogP contribution in [-0.2, 0) is 24.1 Å². The number of nitrogens with zero attached hydrogens (tertiary/aromatic N) is 1. The van der Waals surface area contributed by atoms with Crippen LogP contribution < -0.4 is 4.90 Å². The summed E-state index contributed by atoms with van der Waals surface area (Å²) in [6.07, 6.45) is -0.975. The van der Waals surface area contributed by atoms with E-state index < -0.39 is 32.8 Å². The third-order valence-electron chi connectivity index (χ3n) is 4.39. The lowest BCUT2D eigenvalue weighted by atomic mass is 10.0. The number of ether oxygens (including phenoxy) is 2. The molecule has 0 bridgehead atoms. The molecule has 1 fully saturated rings. The molecular formula is C18H21NO7S. The number of methoxy groups -OCH3 is 1. The third kappa shape index (κ3) is 4.59. The molecule has 1 N–H and O–H groups in total. The zero-order chi connectivity index (χ0) is 20.2. The van der Waals surface area contributed by atoms with Gasteiger partial charge in [-0.2, -0.15) is 0 Å². The van der Waals surface area contributed by atoms with Gasteiger partial charge in [0.15, 0.2) is 14.6 Å². The fourth-order valence-corrected chi connectivity index (χ4v) is 3.41. The molecule has 1 aromatic rings. The number of benzene rings is 1. The van der Waals surface area contributed by atoms with E-state index in [0.29, 0.717) is 12.3 Å². The molecule has 0 spiro atoms. The van der Waals surface area contributed by atoms with Crippen LogP contribution in [0.1, 0.15) is 18.9 Å². The van der Waals surface area contributed by atoms with Gasteiger partial charge in [-0.15, -0.1) is 0 Å². The fraction of sp³-hybridized carbons (Fsp3) is 0.444. The topological polar surface area (TPSA) is 110 Å². The van der Waals surface area contributed by atoms with Crippen LogP contribution in [0.2, 0.25) is 0 Å². The summed E-state index contributed by atoms with van der Waals surface area (Å²) in [6.45, 7) is 1.49. The van der Waals surface area contributed by atoms with Gasteiger partial charge >= 0.3 is 12.1 Å². The molecule has 1 amide bonds. The lowest BCUT2D eigenvalue weighted by molar-refractivity contribution is -0.140. The molecule has 2 rings (SSSR count). The molecule has 146 valence electrons. The van der Waals surface area contributed by atoms with Crippen molar-refractivity contribution < 1.29 is 32.6 Å². The van der Waals surface area contributed by atoms with Crippen LogP contribution >= 0.6 is 0 Å². The molecule has 2 atom stereocenters. The number of cyclic esters (lactones) is 1. The standard InChI is InChI=1S/C18H21NO7S/c1-18(16(20)21,27(3,23)24)11-15-12-19(17(22)26-15)14-8-6-13(7-9-14)5-4-10-25-2/h6-9,15H,10-12H2,1-3H3,(H,20,21). The Balaban J connectivity index is 2.14. The van der Waals surface area contributed by atoms with Crippen molar-refractivity contribution in [3.8, 4) is 11.8 Å². The van der Waals surface area contributed by atoms with Gasteiger partial charge in [0.05, 0.1) is 6.54 Å². The number of amides is 1. The van der Waals surface area contributed by atoms with E-state index in [4.69, 9.17) is 9.47 Å². The number of aliphatic carboxylic acids is 1. The summed E-state index contributed by atoms with van der Waals surface area (Å²) in [5, 5.41) is 9.34. The van der Waals surface area contributed by atoms with Crippen molar-refractivity contribution in [1.82, 2.24) is 0 Å². The van der Waals surface area contributed by atoms with Gasteiger partial charge in [-0.1, -0.05) is 11.8 Å². The highest BCUT2D eigenvalue weighted by molar-refractivity contribution is 7.92. The monoisotopic (exact) mass is 395 g/mol. The molecule has 1 saturated heterocycles. The van der Waals surface area contributed by atoms with Crippen LogP contribution in [0.3, 0.4) is 0 Å². The van der Waals surface area contributed by atoms with E-state index in [1.807, 2.05) is 0 Å². The van der Waals surface area contributed by atoms with Gasteiger partial charge in [-0.25, -0.2) is 13.2 Å². The summed E-state index contributed by atoms with van der Waals surface area (Å²) < 4.78 is 31.8. The van der Waals surface area contributed by atoms with Crippen LogP contribution in [0.25, 0.3) is 0 Å². The molecule has 0 aliphatic carbocycles. The summed E-state index contributed by atoms with van der Waals surface area (Å²) in [4.78, 5) is 25.0. The second kappa shape index (κ2) is 7.98. The molecular weight excluding hydrogens is 374 g/mol. The SMILES string of the molecule is COCC#Cc1ccc(N2CC(CC(C)(C(=O)O)S(C)(=O)=O)OC2=O)cc1. The van der Waals surface area contributed by atoms with Gasteiger partial charge in [-0.3, -0.25) is 9.69 Å². The first-order valence-electron chi connectivity index (χ1n) is 8.07. The Hall–Kier alpha value is -2.57. The number of carboxylic acids is 1. The van der Waals surface area contributed by atoms with E-state index in [2.05, 4.69) is 11.8 Å². The highest BCUT2D eigenvalue weighted by Crippen LogP contribution is 2.30. The van der Waals surface area contributed by atoms with E-state index in [1.165, 1.54) is 4.90 Å². The maximum atomic E-state index is 12.1. The van der Waals surface area contributed by atoms with Crippen LogP contribution in [0.5, 0.6) is 0 Å². The first-order chi connectivity index (χ1) is 12.6. The highest BCUT2D eigenvalue weighted by Gasteiger charge is 2.48. The van der Waals surface area contributed by atoms with Crippen LogP contribution in [0, 0.1) is 11.8 Å². The lowest BCUT2D eigenvalue weighted by Gasteiger charge is -2.24. The van der Waals surface area contributed by atoms with Crippen molar-refractivity contribution in [1.29, 1.82) is 0 Å². The third-order valence-corrected chi connectivity index (χ3v) is 6.37. The van der Waals surface area contributed by atoms with Gasteiger partial charge in [0.25, 0.3) is 0 Å². The summed E-state index contributed by atoms with van der Waals surface area (Å²) in [7, 11) is -2.35. The van der Waals surface area contributed by atoms with Gasteiger partial charge in [0.1, 0.15) is 12.7 Å². The number of carbonyl (C=O) groups is 2. The number of hydrogen-bond acceptors (Lipinski definition) is 6. The second-order valence-electron chi connectivity index (χ2n) is 6.41. The fourth-order valence-electron chi connectivity index (χ4n) is 2.61. The van der Waals surface area contributed by atoms with Crippen molar-refractivity contribution in [2.45, 2.75) is 24.2 Å². The molecule has 1 aliphatic heterocycles. The number of carbonyl (C=O) groups excluding carboxylic acids is 1. The maximum Gasteiger partial charge on any atom is 0.414 e. The Morgan fingerprint density at radius 3 is 2.56 bits per heavy atom. The van der Waals surface area contributed by atoms with E-state index >= 15 is 0 Å².